The van der Waals surface area contributed by atoms with Crippen molar-refractivity contribution in [2.24, 2.45) is 5.41 Å². The van der Waals surface area contributed by atoms with Gasteiger partial charge in [-0.3, -0.25) is 9.59 Å². The van der Waals surface area contributed by atoms with Gasteiger partial charge in [-0.25, -0.2) is 18.7 Å². The van der Waals surface area contributed by atoms with Crippen LogP contribution in [0.3, 0.4) is 0 Å². The third-order valence-corrected chi connectivity index (χ3v) is 6.61. The van der Waals surface area contributed by atoms with Crippen molar-refractivity contribution >= 4 is 23.2 Å². The molecule has 0 radical (unpaired) electrons. The molecule has 5 rings (SSSR count). The largest absolute Gasteiger partial charge is 0.340 e. The number of hydrogen-bond donors (Lipinski definition) is 2. The minimum Gasteiger partial charge on any atom is -0.340 e. The van der Waals surface area contributed by atoms with Crippen LogP contribution in [0.15, 0.2) is 84.9 Å². The van der Waals surface area contributed by atoms with Crippen LogP contribution >= 0.6 is 0 Å². The Morgan fingerprint density at radius 3 is 2.75 bits per heavy atom. The summed E-state index contributed by atoms with van der Waals surface area (Å²) >= 11 is 0. The number of allylic oxidation sites excluding steroid dienone is 4. The molecule has 3 aromatic rings. The van der Waals surface area contributed by atoms with Crippen molar-refractivity contribution in [2.45, 2.75) is 19.8 Å². The normalized spacial score (nSPS) is 18.6. The molecule has 0 bridgehead atoms. The van der Waals surface area contributed by atoms with Crippen molar-refractivity contribution in [2.75, 3.05) is 5.32 Å². The fourth-order valence-corrected chi connectivity index (χ4v) is 4.91. The van der Waals surface area contributed by atoms with Crippen LogP contribution in [0.25, 0.3) is 0 Å². The second kappa shape index (κ2) is 8.96. The van der Waals surface area contributed by atoms with E-state index in [0.717, 1.165) is 28.5 Å². The highest BCUT2D eigenvalue weighted by atomic mass is 19.2. The standard InChI is InChI=1S/C28H22F2N4O2/c1-3-4-7-21-16(2)33-27(36)28(21)13-17-9-10-19(11-18(17)14-28)34-24-12-23(31-15-32-24)26(35)20-6-5-8-22(29)25(20)30/h3-12,15H,1,13-14H2,2H3,(H,33,36)(H,31,32,34)/b7-4-. The third-order valence-electron chi connectivity index (χ3n) is 6.61. The van der Waals surface area contributed by atoms with E-state index in [0.29, 0.717) is 24.3 Å². The molecule has 2 aromatic carbocycles. The van der Waals surface area contributed by atoms with Gasteiger partial charge in [0, 0.05) is 17.5 Å². The Morgan fingerprint density at radius 2 is 1.94 bits per heavy atom. The summed E-state index contributed by atoms with van der Waals surface area (Å²) in [5, 5.41) is 6.12. The quantitative estimate of drug-likeness (QED) is 0.382. The van der Waals surface area contributed by atoms with Crippen molar-refractivity contribution < 1.29 is 18.4 Å². The van der Waals surface area contributed by atoms with Crippen LogP contribution < -0.4 is 10.6 Å². The zero-order valence-electron chi connectivity index (χ0n) is 19.4. The second-order valence-electron chi connectivity index (χ2n) is 8.85. The smallest absolute Gasteiger partial charge is 0.235 e. The van der Waals surface area contributed by atoms with Gasteiger partial charge in [0.15, 0.2) is 11.6 Å². The maximum absolute atomic E-state index is 14.1. The van der Waals surface area contributed by atoms with Crippen LogP contribution in [-0.2, 0) is 17.6 Å². The number of nitrogens with zero attached hydrogens (tertiary/aromatic N) is 2. The number of aromatic nitrogens is 2. The lowest BCUT2D eigenvalue weighted by atomic mass is 9.78. The molecule has 2 heterocycles. The molecule has 2 N–H and O–H groups in total. The molecule has 0 fully saturated rings. The lowest BCUT2D eigenvalue weighted by molar-refractivity contribution is -0.126. The summed E-state index contributed by atoms with van der Waals surface area (Å²) in [5.74, 6) is -2.76. The zero-order valence-corrected chi connectivity index (χ0v) is 19.4. The first kappa shape index (κ1) is 23.3. The maximum Gasteiger partial charge on any atom is 0.235 e. The Morgan fingerprint density at radius 1 is 1.14 bits per heavy atom. The average Bonchev–Trinajstić information content (AvgIpc) is 3.35. The number of rotatable bonds is 6. The SMILES string of the molecule is C=C/C=C\C1=C(C)NC(=O)C12Cc1ccc(Nc3cc(C(=O)c4cccc(F)c4F)ncn3)cc1C2. The Balaban J connectivity index is 1.39. The van der Waals surface area contributed by atoms with Crippen LogP contribution in [0.1, 0.15) is 34.1 Å². The number of carbonyl (C=O) groups excluding carboxylic acids is 2. The predicted molar refractivity (Wildman–Crippen MR) is 132 cm³/mol. The Kier molecular flexibility index (Phi) is 5.80. The first-order chi connectivity index (χ1) is 17.3. The van der Waals surface area contributed by atoms with E-state index in [1.54, 1.807) is 6.08 Å². The summed E-state index contributed by atoms with van der Waals surface area (Å²) in [6.45, 7) is 5.62. The van der Waals surface area contributed by atoms with Crippen LogP contribution in [0.4, 0.5) is 20.3 Å². The molecule has 1 aliphatic heterocycles. The van der Waals surface area contributed by atoms with Crippen LogP contribution in [0, 0.1) is 17.0 Å². The van der Waals surface area contributed by atoms with E-state index in [2.05, 4.69) is 27.2 Å². The van der Waals surface area contributed by atoms with Crippen molar-refractivity contribution in [1.29, 1.82) is 0 Å². The molecule has 1 spiro atoms. The molecule has 1 unspecified atom stereocenters. The minimum atomic E-state index is -1.22. The number of benzene rings is 2. The summed E-state index contributed by atoms with van der Waals surface area (Å²) in [7, 11) is 0. The second-order valence-corrected chi connectivity index (χ2v) is 8.85. The van der Waals surface area contributed by atoms with E-state index >= 15 is 0 Å². The van der Waals surface area contributed by atoms with E-state index in [9.17, 15) is 18.4 Å². The number of hydrogen-bond acceptors (Lipinski definition) is 5. The van der Waals surface area contributed by atoms with Gasteiger partial charge in [-0.2, -0.15) is 0 Å². The molecule has 6 nitrogen and oxygen atoms in total. The predicted octanol–water partition coefficient (Wildman–Crippen LogP) is 4.96. The van der Waals surface area contributed by atoms with Crippen molar-refractivity contribution in [3.8, 4) is 0 Å². The van der Waals surface area contributed by atoms with Gasteiger partial charge < -0.3 is 10.6 Å². The summed E-state index contributed by atoms with van der Waals surface area (Å²) in [5.41, 5.74) is 3.49. The van der Waals surface area contributed by atoms with Crippen LogP contribution in [0.2, 0.25) is 0 Å². The molecule has 180 valence electrons. The first-order valence-electron chi connectivity index (χ1n) is 11.3. The van der Waals surface area contributed by atoms with Gasteiger partial charge in [-0.15, -0.1) is 0 Å². The van der Waals surface area contributed by atoms with Gasteiger partial charge in [0.25, 0.3) is 0 Å². The number of nitrogens with one attached hydrogen (secondary N) is 2. The molecule has 8 heteroatoms. The summed E-state index contributed by atoms with van der Waals surface area (Å²) in [6, 6.07) is 10.6. The molecule has 1 amide bonds. The Hall–Kier alpha value is -4.46. The first-order valence-corrected chi connectivity index (χ1v) is 11.3. The molecular formula is C28H22F2N4O2. The van der Waals surface area contributed by atoms with E-state index in [4.69, 9.17) is 0 Å². The number of fused-ring (bicyclic) bond motifs is 1. The van der Waals surface area contributed by atoms with Gasteiger partial charge >= 0.3 is 0 Å². The van der Waals surface area contributed by atoms with Gasteiger partial charge in [-0.1, -0.05) is 36.9 Å². The van der Waals surface area contributed by atoms with Crippen molar-refractivity contribution in [3.05, 3.63) is 119 Å². The zero-order chi connectivity index (χ0) is 25.4. The number of carbonyl (C=O) groups is 2. The van der Waals surface area contributed by atoms with Gasteiger partial charge in [0.1, 0.15) is 17.8 Å². The van der Waals surface area contributed by atoms with Gasteiger partial charge in [0.05, 0.1) is 11.0 Å². The molecule has 2 aliphatic rings. The van der Waals surface area contributed by atoms with Crippen molar-refractivity contribution in [3.63, 3.8) is 0 Å². The van der Waals surface area contributed by atoms with Gasteiger partial charge in [-0.05, 0) is 60.7 Å². The number of anilines is 2. The topological polar surface area (TPSA) is 84.0 Å². The molecular weight excluding hydrogens is 462 g/mol. The van der Waals surface area contributed by atoms with E-state index in [1.165, 1.54) is 24.5 Å². The molecule has 1 atom stereocenters. The summed E-state index contributed by atoms with van der Waals surface area (Å²) < 4.78 is 27.7. The Bertz CT molecular complexity index is 1490. The van der Waals surface area contributed by atoms with E-state index in [1.807, 2.05) is 37.3 Å². The van der Waals surface area contributed by atoms with Gasteiger partial charge in [0.2, 0.25) is 11.7 Å². The fraction of sp³-hybridized carbons (Fsp3) is 0.143. The monoisotopic (exact) mass is 484 g/mol. The maximum atomic E-state index is 14.1. The van der Waals surface area contributed by atoms with Crippen molar-refractivity contribution in [1.82, 2.24) is 15.3 Å². The number of amides is 1. The molecule has 1 aliphatic carbocycles. The number of halogens is 2. The highest BCUT2D eigenvalue weighted by Crippen LogP contribution is 2.47. The van der Waals surface area contributed by atoms with Crippen LogP contribution in [-0.4, -0.2) is 21.7 Å². The summed E-state index contributed by atoms with van der Waals surface area (Å²) in [6.07, 6.45) is 7.78. The summed E-state index contributed by atoms with van der Waals surface area (Å²) in [4.78, 5) is 33.7. The highest BCUT2D eigenvalue weighted by molar-refractivity contribution is 6.08. The third kappa shape index (κ3) is 3.90. The van der Waals surface area contributed by atoms with Crippen LogP contribution in [0.5, 0.6) is 0 Å². The lowest BCUT2D eigenvalue weighted by Crippen LogP contribution is -2.34. The minimum absolute atomic E-state index is 0.0158. The number of ketones is 1. The van der Waals surface area contributed by atoms with E-state index in [-0.39, 0.29) is 11.6 Å². The van der Waals surface area contributed by atoms with E-state index < -0.39 is 28.4 Å². The molecule has 0 saturated heterocycles. The lowest BCUT2D eigenvalue weighted by Gasteiger charge is -2.22. The molecule has 0 saturated carbocycles. The highest BCUT2D eigenvalue weighted by Gasteiger charge is 2.50. The average molecular weight is 485 g/mol. The Labute approximate surface area is 206 Å². The molecule has 36 heavy (non-hydrogen) atoms. The molecule has 1 aromatic heterocycles. The fourth-order valence-electron chi connectivity index (χ4n) is 4.91.